The maximum Gasteiger partial charge on any atom is 0.341 e. The number of hydrogen-bond acceptors (Lipinski definition) is 5. The molecule has 6 nitrogen and oxygen atoms in total. The number of hydrogen-bond donors (Lipinski definition) is 1. The fourth-order valence-corrected chi connectivity index (χ4v) is 3.48. The molecule has 2 heterocycles. The van der Waals surface area contributed by atoms with Crippen LogP contribution < -0.4 is 4.90 Å². The minimum absolute atomic E-state index is 0.0341. The normalized spacial score (nSPS) is 18.1. The van der Waals surface area contributed by atoms with E-state index in [-0.39, 0.29) is 25.5 Å². The van der Waals surface area contributed by atoms with E-state index in [0.29, 0.717) is 10.6 Å². The summed E-state index contributed by atoms with van der Waals surface area (Å²) in [7, 11) is 0. The van der Waals surface area contributed by atoms with E-state index in [1.807, 2.05) is 6.92 Å². The van der Waals surface area contributed by atoms with E-state index >= 15 is 0 Å². The maximum atomic E-state index is 12.1. The van der Waals surface area contributed by atoms with Crippen LogP contribution in [0.1, 0.15) is 34.1 Å². The van der Waals surface area contributed by atoms with Gasteiger partial charge in [0.15, 0.2) is 0 Å². The monoisotopic (exact) mass is 311 g/mol. The van der Waals surface area contributed by atoms with Gasteiger partial charge in [-0.2, -0.15) is 0 Å². The number of carbonyl (C=O) groups excluding carboxylic acids is 2. The number of aryl methyl sites for hydroxylation is 1. The average Bonchev–Trinajstić information content (AvgIpc) is 2.92. The molecule has 2 rings (SSSR count). The fourth-order valence-electron chi connectivity index (χ4n) is 2.31. The highest BCUT2D eigenvalue weighted by molar-refractivity contribution is 7.16. The largest absolute Gasteiger partial charge is 0.481 e. The third-order valence-corrected chi connectivity index (χ3v) is 4.80. The summed E-state index contributed by atoms with van der Waals surface area (Å²) in [6, 6.07) is 0. The molecule has 1 N–H and O–H groups in total. The number of esters is 1. The molecular weight excluding hydrogens is 294 g/mol. The van der Waals surface area contributed by atoms with Gasteiger partial charge in [0, 0.05) is 17.8 Å². The Morgan fingerprint density at radius 1 is 1.43 bits per heavy atom. The van der Waals surface area contributed by atoms with Gasteiger partial charge in [-0.15, -0.1) is 11.3 Å². The lowest BCUT2D eigenvalue weighted by molar-refractivity contribution is -0.141. The van der Waals surface area contributed by atoms with Gasteiger partial charge in [-0.25, -0.2) is 4.79 Å². The van der Waals surface area contributed by atoms with Crippen molar-refractivity contribution in [3.05, 3.63) is 16.0 Å². The number of amides is 1. The Morgan fingerprint density at radius 2 is 2.10 bits per heavy atom. The molecule has 1 amide bonds. The van der Waals surface area contributed by atoms with E-state index in [0.717, 1.165) is 10.4 Å². The lowest BCUT2D eigenvalue weighted by atomic mass is 10.1. The Kier molecular flexibility index (Phi) is 4.32. The van der Waals surface area contributed by atoms with E-state index < -0.39 is 17.9 Å². The van der Waals surface area contributed by atoms with E-state index in [4.69, 9.17) is 9.84 Å². The van der Waals surface area contributed by atoms with Crippen LogP contribution in [0.3, 0.4) is 0 Å². The van der Waals surface area contributed by atoms with Gasteiger partial charge in [0.25, 0.3) is 0 Å². The lowest BCUT2D eigenvalue weighted by Gasteiger charge is -2.16. The first-order valence-corrected chi connectivity index (χ1v) is 7.48. The number of nitrogens with zero attached hydrogens (tertiary/aromatic N) is 1. The molecule has 21 heavy (non-hydrogen) atoms. The zero-order valence-corrected chi connectivity index (χ0v) is 13.0. The highest BCUT2D eigenvalue weighted by Gasteiger charge is 2.38. The van der Waals surface area contributed by atoms with Crippen molar-refractivity contribution in [3.63, 3.8) is 0 Å². The van der Waals surface area contributed by atoms with Crippen molar-refractivity contribution in [2.45, 2.75) is 27.2 Å². The number of carboxylic acids is 1. The van der Waals surface area contributed by atoms with Gasteiger partial charge in [-0.3, -0.25) is 9.59 Å². The molecule has 1 aromatic heterocycles. The first-order chi connectivity index (χ1) is 9.86. The smallest absolute Gasteiger partial charge is 0.341 e. The minimum atomic E-state index is -0.992. The van der Waals surface area contributed by atoms with Gasteiger partial charge in [-0.05, 0) is 26.3 Å². The number of thiophene rings is 1. The van der Waals surface area contributed by atoms with Gasteiger partial charge >= 0.3 is 11.9 Å². The average molecular weight is 311 g/mol. The van der Waals surface area contributed by atoms with Crippen LogP contribution in [0, 0.1) is 19.8 Å². The lowest BCUT2D eigenvalue weighted by Crippen LogP contribution is -2.26. The van der Waals surface area contributed by atoms with Gasteiger partial charge in [0.2, 0.25) is 5.91 Å². The Morgan fingerprint density at radius 3 is 2.62 bits per heavy atom. The van der Waals surface area contributed by atoms with Gasteiger partial charge in [0.1, 0.15) is 5.00 Å². The molecule has 1 saturated heterocycles. The molecule has 114 valence electrons. The Hall–Kier alpha value is -1.89. The van der Waals surface area contributed by atoms with Gasteiger partial charge < -0.3 is 14.7 Å². The molecule has 0 aliphatic carbocycles. The second-order valence-corrected chi connectivity index (χ2v) is 6.13. The van der Waals surface area contributed by atoms with E-state index in [2.05, 4.69) is 0 Å². The minimum Gasteiger partial charge on any atom is -0.481 e. The van der Waals surface area contributed by atoms with Crippen LogP contribution in [0.4, 0.5) is 5.00 Å². The SMILES string of the molecule is CCOC(=O)c1c(N2CC(C(=O)O)CC2=O)sc(C)c1C. The van der Waals surface area contributed by atoms with Crippen molar-refractivity contribution >= 4 is 34.2 Å². The predicted molar refractivity (Wildman–Crippen MR) is 77.8 cm³/mol. The molecule has 1 fully saturated rings. The van der Waals surface area contributed by atoms with Crippen LogP contribution >= 0.6 is 11.3 Å². The number of rotatable bonds is 4. The number of ether oxygens (including phenoxy) is 1. The molecule has 0 saturated carbocycles. The molecule has 0 radical (unpaired) electrons. The van der Waals surface area contributed by atoms with Crippen LogP contribution in [0.5, 0.6) is 0 Å². The number of carboxylic acid groups (broad SMARTS) is 1. The molecule has 0 bridgehead atoms. The highest BCUT2D eigenvalue weighted by Crippen LogP contribution is 2.38. The van der Waals surface area contributed by atoms with Gasteiger partial charge in [-0.1, -0.05) is 0 Å². The standard InChI is InChI=1S/C14H17NO5S/c1-4-20-14(19)11-7(2)8(3)21-12(11)15-6-9(13(17)18)5-10(15)16/h9H,4-6H2,1-3H3,(H,17,18). The molecule has 1 unspecified atom stereocenters. The van der Waals surface area contributed by atoms with Gasteiger partial charge in [0.05, 0.1) is 18.1 Å². The Labute approximate surface area is 126 Å². The summed E-state index contributed by atoms with van der Waals surface area (Å²) in [6.45, 7) is 5.73. The summed E-state index contributed by atoms with van der Waals surface area (Å²) in [5, 5.41) is 9.55. The number of anilines is 1. The van der Waals surface area contributed by atoms with Crippen molar-refractivity contribution in [1.82, 2.24) is 0 Å². The van der Waals surface area contributed by atoms with Crippen LogP contribution in [-0.2, 0) is 14.3 Å². The summed E-state index contributed by atoms with van der Waals surface area (Å²) < 4.78 is 5.05. The fraction of sp³-hybridized carbons (Fsp3) is 0.500. The van der Waals surface area contributed by atoms with Crippen LogP contribution in [0.15, 0.2) is 0 Å². The zero-order chi connectivity index (χ0) is 15.7. The van der Waals surface area contributed by atoms with E-state index in [9.17, 15) is 14.4 Å². The summed E-state index contributed by atoms with van der Waals surface area (Å²) >= 11 is 1.32. The third-order valence-electron chi connectivity index (χ3n) is 3.57. The van der Waals surface area contributed by atoms with Crippen molar-refractivity contribution in [2.24, 2.45) is 5.92 Å². The van der Waals surface area contributed by atoms with Crippen molar-refractivity contribution < 1.29 is 24.2 Å². The van der Waals surface area contributed by atoms with Crippen LogP contribution in [-0.4, -0.2) is 36.1 Å². The quantitative estimate of drug-likeness (QED) is 0.860. The molecule has 1 aliphatic heterocycles. The first kappa shape index (κ1) is 15.5. The molecule has 0 aromatic carbocycles. The molecule has 0 spiro atoms. The first-order valence-electron chi connectivity index (χ1n) is 6.67. The molecular formula is C14H17NO5S. The van der Waals surface area contributed by atoms with Crippen molar-refractivity contribution in [2.75, 3.05) is 18.1 Å². The van der Waals surface area contributed by atoms with Crippen LogP contribution in [0.2, 0.25) is 0 Å². The molecule has 1 aromatic rings. The van der Waals surface area contributed by atoms with Crippen molar-refractivity contribution in [3.8, 4) is 0 Å². The predicted octanol–water partition coefficient (Wildman–Crippen LogP) is 1.98. The zero-order valence-electron chi connectivity index (χ0n) is 12.1. The highest BCUT2D eigenvalue weighted by atomic mass is 32.1. The number of aliphatic carboxylic acids is 1. The Bertz CT molecular complexity index is 607. The summed E-state index contributed by atoms with van der Waals surface area (Å²) in [6.07, 6.45) is -0.0341. The molecule has 1 atom stereocenters. The number of carbonyl (C=O) groups is 3. The molecule has 1 aliphatic rings. The topological polar surface area (TPSA) is 83.9 Å². The third kappa shape index (κ3) is 2.78. The second-order valence-electron chi connectivity index (χ2n) is 4.93. The van der Waals surface area contributed by atoms with E-state index in [1.54, 1.807) is 13.8 Å². The Balaban J connectivity index is 2.40. The van der Waals surface area contributed by atoms with Crippen molar-refractivity contribution in [1.29, 1.82) is 0 Å². The summed E-state index contributed by atoms with van der Waals surface area (Å²) in [5.74, 6) is -2.46. The molecule has 7 heteroatoms. The van der Waals surface area contributed by atoms with E-state index in [1.165, 1.54) is 16.2 Å². The van der Waals surface area contributed by atoms with Crippen LogP contribution in [0.25, 0.3) is 0 Å². The summed E-state index contributed by atoms with van der Waals surface area (Å²) in [4.78, 5) is 37.5. The summed E-state index contributed by atoms with van der Waals surface area (Å²) in [5.41, 5.74) is 1.15. The maximum absolute atomic E-state index is 12.1. The second kappa shape index (κ2) is 5.85.